The molecule has 0 saturated heterocycles. The molecule has 0 fully saturated rings. The van der Waals surface area contributed by atoms with E-state index in [1.807, 2.05) is 0 Å². The van der Waals surface area contributed by atoms with E-state index in [1.165, 1.54) is 51.5 Å². The van der Waals surface area contributed by atoms with Crippen molar-refractivity contribution in [3.05, 3.63) is 119 Å². The van der Waals surface area contributed by atoms with E-state index in [9.17, 15) is 23.6 Å². The van der Waals surface area contributed by atoms with Crippen LogP contribution in [0.15, 0.2) is 91.0 Å². The van der Waals surface area contributed by atoms with Gasteiger partial charge in [0.15, 0.2) is 17.3 Å². The summed E-state index contributed by atoms with van der Waals surface area (Å²) in [6.07, 6.45) is 6.02. The lowest BCUT2D eigenvalue weighted by Gasteiger charge is -2.17. The molecule has 2 N–H and O–H groups in total. The number of methoxy groups -OCH3 is 1. The van der Waals surface area contributed by atoms with Crippen LogP contribution in [-0.4, -0.2) is 43.3 Å². The molecular formula is C40H43FN2O7. The molecule has 0 heterocycles. The summed E-state index contributed by atoms with van der Waals surface area (Å²) in [4.78, 5) is 50.6. The summed E-state index contributed by atoms with van der Waals surface area (Å²) in [7, 11) is 1.35. The second-order valence-electron chi connectivity index (χ2n) is 11.9. The van der Waals surface area contributed by atoms with E-state index in [4.69, 9.17) is 14.2 Å². The van der Waals surface area contributed by atoms with Crippen molar-refractivity contribution in [2.45, 2.75) is 64.8 Å². The average Bonchev–Trinajstić information content (AvgIpc) is 3.11. The molecule has 4 aromatic carbocycles. The van der Waals surface area contributed by atoms with Crippen LogP contribution in [0, 0.1) is 5.82 Å². The molecule has 0 spiro atoms. The van der Waals surface area contributed by atoms with Crippen molar-refractivity contribution < 1.29 is 37.8 Å². The Kier molecular flexibility index (Phi) is 14.1. The molecule has 0 aromatic heterocycles. The molecule has 9 nitrogen and oxygen atoms in total. The smallest absolute Gasteiger partial charge is 0.343 e. The van der Waals surface area contributed by atoms with Gasteiger partial charge >= 0.3 is 5.97 Å². The third-order valence-corrected chi connectivity index (χ3v) is 7.99. The van der Waals surface area contributed by atoms with Crippen molar-refractivity contribution in [2.24, 2.45) is 0 Å². The number of carbonyl (C=O) groups is 4. The Hall–Kier alpha value is -5.51. The van der Waals surface area contributed by atoms with Gasteiger partial charge in [-0.1, -0.05) is 50.8 Å². The van der Waals surface area contributed by atoms with E-state index < -0.39 is 23.7 Å². The van der Waals surface area contributed by atoms with Crippen LogP contribution in [0.2, 0.25) is 0 Å². The minimum atomic E-state index is -0.792. The highest BCUT2D eigenvalue weighted by molar-refractivity contribution is 5.98. The van der Waals surface area contributed by atoms with Crippen LogP contribution in [0.25, 0.3) is 0 Å². The van der Waals surface area contributed by atoms with E-state index in [0.717, 1.165) is 18.4 Å². The van der Waals surface area contributed by atoms with E-state index in [0.29, 0.717) is 40.5 Å². The van der Waals surface area contributed by atoms with Gasteiger partial charge in [-0.2, -0.15) is 0 Å². The predicted octanol–water partition coefficient (Wildman–Crippen LogP) is 7.51. The molecule has 0 unspecified atom stereocenters. The largest absolute Gasteiger partial charge is 0.494 e. The number of benzene rings is 4. The minimum absolute atomic E-state index is 0.00556. The fraction of sp³-hybridized carbons (Fsp3) is 0.300. The first-order valence-electron chi connectivity index (χ1n) is 16.7. The fourth-order valence-electron chi connectivity index (χ4n) is 5.13. The van der Waals surface area contributed by atoms with Crippen molar-refractivity contribution in [1.29, 1.82) is 0 Å². The summed E-state index contributed by atoms with van der Waals surface area (Å²) in [5.41, 5.74) is 2.52. The lowest BCUT2D eigenvalue weighted by Crippen LogP contribution is -2.41. The summed E-state index contributed by atoms with van der Waals surface area (Å²) in [5.74, 6) is -0.905. The fourth-order valence-corrected chi connectivity index (χ4v) is 5.13. The van der Waals surface area contributed by atoms with E-state index in [-0.39, 0.29) is 30.3 Å². The Bertz CT molecular complexity index is 1740. The summed E-state index contributed by atoms with van der Waals surface area (Å²) >= 11 is 0. The summed E-state index contributed by atoms with van der Waals surface area (Å²) < 4.78 is 29.9. The highest BCUT2D eigenvalue weighted by atomic mass is 19.1. The zero-order valence-corrected chi connectivity index (χ0v) is 28.6. The molecule has 0 radical (unpaired) electrons. The number of hydrogen-bond acceptors (Lipinski definition) is 7. The maximum Gasteiger partial charge on any atom is 0.343 e. The second kappa shape index (κ2) is 18.9. The van der Waals surface area contributed by atoms with Crippen LogP contribution in [0.1, 0.15) is 77.8 Å². The summed E-state index contributed by atoms with van der Waals surface area (Å²) in [6, 6.07) is 23.3. The van der Waals surface area contributed by atoms with Gasteiger partial charge in [-0.25, -0.2) is 9.18 Å². The lowest BCUT2D eigenvalue weighted by atomic mass is 10.0. The van der Waals surface area contributed by atoms with Crippen molar-refractivity contribution in [3.8, 4) is 17.2 Å². The van der Waals surface area contributed by atoms with Gasteiger partial charge < -0.3 is 24.8 Å². The first-order valence-corrected chi connectivity index (χ1v) is 16.7. The molecule has 0 aliphatic heterocycles. The number of carbonyl (C=O) groups excluding carboxylic acids is 4. The zero-order chi connectivity index (χ0) is 35.9. The zero-order valence-electron chi connectivity index (χ0n) is 28.6. The van der Waals surface area contributed by atoms with Gasteiger partial charge in [0.05, 0.1) is 31.7 Å². The minimum Gasteiger partial charge on any atom is -0.494 e. The lowest BCUT2D eigenvalue weighted by molar-refractivity contribution is -0.119. The molecular weight excluding hydrogens is 639 g/mol. The Morgan fingerprint density at radius 2 is 1.40 bits per heavy atom. The summed E-state index contributed by atoms with van der Waals surface area (Å²) in [5, 5.41) is 5.52. The number of unbranched alkanes of at least 4 members (excludes halogenated alkanes) is 4. The molecule has 2 amide bonds. The number of halogens is 1. The first-order chi connectivity index (χ1) is 24.1. The number of ketones is 1. The van der Waals surface area contributed by atoms with Crippen LogP contribution in [0.5, 0.6) is 17.2 Å². The molecule has 0 aliphatic rings. The topological polar surface area (TPSA) is 120 Å². The Morgan fingerprint density at radius 1 is 0.760 bits per heavy atom. The summed E-state index contributed by atoms with van der Waals surface area (Å²) in [6.45, 7) is 4.23. The van der Waals surface area contributed by atoms with E-state index >= 15 is 0 Å². The van der Waals surface area contributed by atoms with Crippen LogP contribution in [0.4, 0.5) is 10.1 Å². The maximum atomic E-state index is 13.7. The van der Waals surface area contributed by atoms with Gasteiger partial charge in [0.1, 0.15) is 11.5 Å². The van der Waals surface area contributed by atoms with Gasteiger partial charge in [0.2, 0.25) is 5.91 Å². The SMILES string of the molecule is CCCCCCCOc1ccc(C(=O)Oc2ccc(C[C@H](NC(=O)c3ccc(NC(=O)Cc4ccc(F)c(OC)c4)cc3)C(C)=O)cc2)cc1. The van der Waals surface area contributed by atoms with Gasteiger partial charge in [0, 0.05) is 11.3 Å². The molecule has 4 rings (SSSR count). The number of amides is 2. The monoisotopic (exact) mass is 682 g/mol. The number of nitrogens with one attached hydrogen (secondary N) is 2. The number of hydrogen-bond donors (Lipinski definition) is 2. The van der Waals surface area contributed by atoms with Crippen molar-refractivity contribution >= 4 is 29.3 Å². The third-order valence-electron chi connectivity index (χ3n) is 7.99. The van der Waals surface area contributed by atoms with E-state index in [2.05, 4.69) is 17.6 Å². The van der Waals surface area contributed by atoms with Gasteiger partial charge in [-0.05, 0) is 104 Å². The number of anilines is 1. The molecule has 1 atom stereocenters. The van der Waals surface area contributed by atoms with Gasteiger partial charge in [-0.15, -0.1) is 0 Å². The normalized spacial score (nSPS) is 11.3. The van der Waals surface area contributed by atoms with Crippen LogP contribution < -0.4 is 24.8 Å². The quantitative estimate of drug-likeness (QED) is 0.0633. The van der Waals surface area contributed by atoms with Crippen molar-refractivity contribution in [3.63, 3.8) is 0 Å². The van der Waals surface area contributed by atoms with E-state index in [1.54, 1.807) is 72.8 Å². The van der Waals surface area contributed by atoms with Gasteiger partial charge in [0.25, 0.3) is 5.91 Å². The molecule has 0 bridgehead atoms. The van der Waals surface area contributed by atoms with Crippen LogP contribution >= 0.6 is 0 Å². The molecule has 0 saturated carbocycles. The first kappa shape index (κ1) is 37.3. The molecule has 262 valence electrons. The molecule has 4 aromatic rings. The molecule has 10 heteroatoms. The van der Waals surface area contributed by atoms with Crippen LogP contribution in [-0.2, 0) is 22.4 Å². The average molecular weight is 683 g/mol. The maximum absolute atomic E-state index is 13.7. The third kappa shape index (κ3) is 11.6. The van der Waals surface area contributed by atoms with Crippen molar-refractivity contribution in [2.75, 3.05) is 19.0 Å². The molecule has 0 aliphatic carbocycles. The Morgan fingerprint density at radius 3 is 2.06 bits per heavy atom. The highest BCUT2D eigenvalue weighted by Gasteiger charge is 2.19. The number of rotatable bonds is 18. The molecule has 50 heavy (non-hydrogen) atoms. The predicted molar refractivity (Wildman–Crippen MR) is 189 cm³/mol. The van der Waals surface area contributed by atoms with Crippen molar-refractivity contribution in [1.82, 2.24) is 5.32 Å². The number of ether oxygens (including phenoxy) is 3. The highest BCUT2D eigenvalue weighted by Crippen LogP contribution is 2.20. The number of Topliss-reactive ketones (excluding diaryl/α,β-unsaturated/α-hetero) is 1. The Balaban J connectivity index is 1.25. The van der Waals surface area contributed by atoms with Gasteiger partial charge in [-0.3, -0.25) is 14.4 Å². The standard InChI is InChI=1S/C40H43FN2O7/c1-4-5-6-7-8-23-49-33-20-14-31(15-21-33)40(47)50-34-18-9-28(10-19-34)24-36(27(2)44)43-39(46)30-12-16-32(17-13-30)42-38(45)26-29-11-22-35(41)37(25-29)48-3/h9-22,25,36H,4-8,23-24,26H2,1-3H3,(H,42,45)(H,43,46)/t36-/m0/s1. The second-order valence-corrected chi connectivity index (χ2v) is 11.9. The number of esters is 1. The van der Waals surface area contributed by atoms with Crippen LogP contribution in [0.3, 0.4) is 0 Å². The Labute approximate surface area is 292 Å².